The highest BCUT2D eigenvalue weighted by atomic mass is 32.2. The number of nitrogens with zero attached hydrogens (tertiary/aromatic N) is 2. The van der Waals surface area contributed by atoms with Crippen LogP contribution in [-0.2, 0) is 9.84 Å². The summed E-state index contributed by atoms with van der Waals surface area (Å²) in [6.45, 7) is 1.54. The van der Waals surface area contributed by atoms with E-state index >= 15 is 0 Å². The number of para-hydroxylation sites is 1. The molecule has 29 heavy (non-hydrogen) atoms. The standard InChI is InChI=1S/C19H14F3N3O3S/c1-10-8-11(20)6-7-12(10)16-13(9-26)18(25-19(24-16)29(2,27)28)23-17-14(21)4-3-5-15(17)22/h3-9H,1-2H3,(H,23,24,25). The molecule has 1 N–H and O–H groups in total. The van der Waals surface area contributed by atoms with Gasteiger partial charge in [-0.05, 0) is 42.8 Å². The van der Waals surface area contributed by atoms with Crippen molar-refractivity contribution in [3.63, 3.8) is 0 Å². The van der Waals surface area contributed by atoms with Crippen LogP contribution in [0.5, 0.6) is 0 Å². The Hall–Kier alpha value is -3.27. The second kappa shape index (κ2) is 7.63. The quantitative estimate of drug-likeness (QED) is 0.498. The van der Waals surface area contributed by atoms with Crippen molar-refractivity contribution in [2.45, 2.75) is 12.1 Å². The minimum Gasteiger partial charge on any atom is -0.335 e. The van der Waals surface area contributed by atoms with Gasteiger partial charge < -0.3 is 5.32 Å². The lowest BCUT2D eigenvalue weighted by Gasteiger charge is -2.15. The minimum atomic E-state index is -3.95. The lowest BCUT2D eigenvalue weighted by atomic mass is 10.0. The predicted molar refractivity (Wildman–Crippen MR) is 100 cm³/mol. The zero-order chi connectivity index (χ0) is 21.3. The Labute approximate surface area is 164 Å². The first-order valence-electron chi connectivity index (χ1n) is 8.16. The molecule has 0 radical (unpaired) electrons. The van der Waals surface area contributed by atoms with Crippen LogP contribution in [0.2, 0.25) is 0 Å². The van der Waals surface area contributed by atoms with E-state index in [1.165, 1.54) is 12.1 Å². The van der Waals surface area contributed by atoms with Crippen LogP contribution in [0.4, 0.5) is 24.7 Å². The maximum absolute atomic E-state index is 14.0. The minimum absolute atomic E-state index is 0.118. The summed E-state index contributed by atoms with van der Waals surface area (Å²) in [6, 6.07) is 6.72. The van der Waals surface area contributed by atoms with Gasteiger partial charge in [-0.1, -0.05) is 6.07 Å². The highest BCUT2D eigenvalue weighted by Gasteiger charge is 2.23. The number of aryl methyl sites for hydroxylation is 1. The highest BCUT2D eigenvalue weighted by Crippen LogP contribution is 2.32. The van der Waals surface area contributed by atoms with Crippen LogP contribution in [0.1, 0.15) is 15.9 Å². The van der Waals surface area contributed by atoms with E-state index < -0.39 is 44.0 Å². The van der Waals surface area contributed by atoms with Crippen LogP contribution in [0.3, 0.4) is 0 Å². The van der Waals surface area contributed by atoms with E-state index in [1.54, 1.807) is 6.92 Å². The molecule has 0 unspecified atom stereocenters. The Balaban J connectivity index is 2.32. The van der Waals surface area contributed by atoms with Crippen molar-refractivity contribution >= 4 is 27.6 Å². The van der Waals surface area contributed by atoms with Crippen molar-refractivity contribution in [2.24, 2.45) is 0 Å². The Bertz CT molecular complexity index is 1210. The maximum atomic E-state index is 14.0. The molecule has 0 aliphatic heterocycles. The number of benzene rings is 2. The highest BCUT2D eigenvalue weighted by molar-refractivity contribution is 7.90. The average molecular weight is 421 g/mol. The zero-order valence-corrected chi connectivity index (χ0v) is 16.0. The van der Waals surface area contributed by atoms with Crippen molar-refractivity contribution in [2.75, 3.05) is 11.6 Å². The number of rotatable bonds is 5. The molecule has 1 heterocycles. The largest absolute Gasteiger partial charge is 0.335 e. The number of carbonyl (C=O) groups excluding carboxylic acids is 1. The summed E-state index contributed by atoms with van der Waals surface area (Å²) in [4.78, 5) is 19.5. The van der Waals surface area contributed by atoms with Crippen molar-refractivity contribution in [3.8, 4) is 11.3 Å². The number of hydrogen-bond acceptors (Lipinski definition) is 6. The summed E-state index contributed by atoms with van der Waals surface area (Å²) in [6.07, 6.45) is 1.17. The summed E-state index contributed by atoms with van der Waals surface area (Å²) in [7, 11) is -3.95. The number of hydrogen-bond donors (Lipinski definition) is 1. The molecule has 0 aliphatic carbocycles. The number of anilines is 2. The third-order valence-corrected chi connectivity index (χ3v) is 4.87. The Morgan fingerprint density at radius 3 is 2.24 bits per heavy atom. The molecule has 0 aliphatic rings. The number of nitrogens with one attached hydrogen (secondary N) is 1. The van der Waals surface area contributed by atoms with E-state index in [9.17, 15) is 26.4 Å². The number of carbonyl (C=O) groups is 1. The molecule has 1 aromatic heterocycles. The van der Waals surface area contributed by atoms with Gasteiger partial charge in [0.05, 0.1) is 11.3 Å². The smallest absolute Gasteiger partial charge is 0.249 e. The van der Waals surface area contributed by atoms with Crippen LogP contribution in [0, 0.1) is 24.4 Å². The van der Waals surface area contributed by atoms with Gasteiger partial charge in [0.25, 0.3) is 0 Å². The van der Waals surface area contributed by atoms with Gasteiger partial charge >= 0.3 is 0 Å². The van der Waals surface area contributed by atoms with Crippen LogP contribution in [-0.4, -0.2) is 30.9 Å². The third kappa shape index (κ3) is 4.11. The average Bonchev–Trinajstić information content (AvgIpc) is 2.63. The second-order valence-corrected chi connectivity index (χ2v) is 8.10. The van der Waals surface area contributed by atoms with E-state index in [4.69, 9.17) is 0 Å². The van der Waals surface area contributed by atoms with Gasteiger partial charge in [-0.15, -0.1) is 0 Å². The molecule has 0 fully saturated rings. The van der Waals surface area contributed by atoms with Crippen LogP contribution in [0.25, 0.3) is 11.3 Å². The monoisotopic (exact) mass is 421 g/mol. The van der Waals surface area contributed by atoms with Gasteiger partial charge in [0.15, 0.2) is 6.29 Å². The summed E-state index contributed by atoms with van der Waals surface area (Å²) in [5.41, 5.74) is -0.343. The topological polar surface area (TPSA) is 89.0 Å². The van der Waals surface area contributed by atoms with E-state index in [-0.39, 0.29) is 16.8 Å². The van der Waals surface area contributed by atoms with Gasteiger partial charge in [0.2, 0.25) is 15.0 Å². The fourth-order valence-electron chi connectivity index (χ4n) is 2.66. The molecule has 6 nitrogen and oxygen atoms in total. The van der Waals surface area contributed by atoms with Gasteiger partial charge in [-0.25, -0.2) is 26.6 Å². The molecule has 0 amide bonds. The molecule has 0 bridgehead atoms. The number of aldehydes is 1. The first-order chi connectivity index (χ1) is 13.6. The van der Waals surface area contributed by atoms with Crippen LogP contribution >= 0.6 is 0 Å². The maximum Gasteiger partial charge on any atom is 0.249 e. The molecule has 0 spiro atoms. The molecular formula is C19H14F3N3O3S. The zero-order valence-electron chi connectivity index (χ0n) is 15.2. The molecule has 3 aromatic rings. The molecule has 0 saturated heterocycles. The lowest BCUT2D eigenvalue weighted by Crippen LogP contribution is -2.12. The number of sulfone groups is 1. The van der Waals surface area contributed by atoms with E-state index in [2.05, 4.69) is 15.3 Å². The summed E-state index contributed by atoms with van der Waals surface area (Å²) < 4.78 is 65.7. The molecular weight excluding hydrogens is 407 g/mol. The first-order valence-corrected chi connectivity index (χ1v) is 10.1. The normalized spacial score (nSPS) is 11.3. The summed E-state index contributed by atoms with van der Waals surface area (Å²) >= 11 is 0. The molecule has 2 aromatic carbocycles. The molecule has 0 saturated carbocycles. The molecule has 10 heteroatoms. The fraction of sp³-hybridized carbons (Fsp3) is 0.105. The summed E-state index contributed by atoms with van der Waals surface area (Å²) in [5, 5.41) is 1.68. The Morgan fingerprint density at radius 2 is 1.69 bits per heavy atom. The Kier molecular flexibility index (Phi) is 5.38. The van der Waals surface area contributed by atoms with E-state index in [0.29, 0.717) is 11.8 Å². The SMILES string of the molecule is Cc1cc(F)ccc1-c1nc(S(C)(=O)=O)nc(Nc2c(F)cccc2F)c1C=O. The van der Waals surface area contributed by atoms with E-state index in [0.717, 1.165) is 30.5 Å². The molecule has 3 rings (SSSR count). The molecule has 150 valence electrons. The molecule has 0 atom stereocenters. The van der Waals surface area contributed by atoms with Gasteiger partial charge in [-0.3, -0.25) is 4.79 Å². The van der Waals surface area contributed by atoms with Crippen LogP contribution < -0.4 is 5.32 Å². The van der Waals surface area contributed by atoms with Crippen LogP contribution in [0.15, 0.2) is 41.6 Å². The van der Waals surface area contributed by atoms with Crippen molar-refractivity contribution in [1.82, 2.24) is 9.97 Å². The van der Waals surface area contributed by atoms with Crippen molar-refractivity contribution in [3.05, 3.63) is 65.0 Å². The predicted octanol–water partition coefficient (Wildman–Crippen LogP) is 3.83. The lowest BCUT2D eigenvalue weighted by molar-refractivity contribution is 0.112. The van der Waals surface area contributed by atoms with Crippen molar-refractivity contribution < 1.29 is 26.4 Å². The van der Waals surface area contributed by atoms with Gasteiger partial charge in [-0.2, -0.15) is 4.98 Å². The second-order valence-electron chi connectivity index (χ2n) is 6.19. The summed E-state index contributed by atoms with van der Waals surface area (Å²) in [5.74, 6) is -2.89. The first kappa shape index (κ1) is 20.5. The van der Waals surface area contributed by atoms with Gasteiger partial charge in [0, 0.05) is 11.8 Å². The third-order valence-electron chi connectivity index (χ3n) is 4.02. The Morgan fingerprint density at radius 1 is 1.03 bits per heavy atom. The number of aromatic nitrogens is 2. The van der Waals surface area contributed by atoms with E-state index in [1.807, 2.05) is 0 Å². The fourth-order valence-corrected chi connectivity index (χ4v) is 3.17. The van der Waals surface area contributed by atoms with Gasteiger partial charge in [0.1, 0.15) is 29.0 Å². The van der Waals surface area contributed by atoms with Crippen molar-refractivity contribution in [1.29, 1.82) is 0 Å². The number of halogens is 3.